The first kappa shape index (κ1) is 23.0. The number of benzene rings is 1. The van der Waals surface area contributed by atoms with Crippen molar-refractivity contribution in [2.45, 2.75) is 13.5 Å². The third-order valence-electron chi connectivity index (χ3n) is 5.93. The predicted octanol–water partition coefficient (Wildman–Crippen LogP) is 4.22. The van der Waals surface area contributed by atoms with Gasteiger partial charge < -0.3 is 19.4 Å². The number of aryl methyl sites for hydroxylation is 1. The quantitative estimate of drug-likeness (QED) is 0.656. The van der Waals surface area contributed by atoms with E-state index in [1.807, 2.05) is 42.9 Å². The van der Waals surface area contributed by atoms with Gasteiger partial charge in [-0.05, 0) is 82.8 Å². The molecule has 1 aromatic heterocycles. The van der Waals surface area contributed by atoms with Crippen molar-refractivity contribution in [1.82, 2.24) is 9.88 Å². The molecule has 4 rings (SSSR count). The maximum atomic E-state index is 14.1. The molecule has 2 aliphatic carbocycles. The van der Waals surface area contributed by atoms with Crippen molar-refractivity contribution in [3.63, 3.8) is 0 Å². The lowest BCUT2D eigenvalue weighted by molar-refractivity contribution is -0.118. The maximum Gasteiger partial charge on any atom is 0.261 e. The molecule has 6 nitrogen and oxygen atoms in total. The Kier molecular flexibility index (Phi) is 6.36. The molecule has 2 aliphatic rings. The highest BCUT2D eigenvalue weighted by molar-refractivity contribution is 6.10. The molecule has 2 aromatic rings. The number of rotatable bonds is 6. The lowest BCUT2D eigenvalue weighted by Crippen LogP contribution is -2.22. The number of hydrogen-bond acceptors (Lipinski definition) is 4. The van der Waals surface area contributed by atoms with Gasteiger partial charge >= 0.3 is 0 Å². The van der Waals surface area contributed by atoms with Gasteiger partial charge in [0.2, 0.25) is 5.91 Å². The molecule has 1 amide bonds. The minimum atomic E-state index is -0.387. The molecular weight excluding hydrogens is 435 g/mol. The molecule has 0 radical (unpaired) electrons. The van der Waals surface area contributed by atoms with Crippen molar-refractivity contribution in [2.24, 2.45) is 7.05 Å². The first-order valence-corrected chi connectivity index (χ1v) is 10.7. The third kappa shape index (κ3) is 4.37. The van der Waals surface area contributed by atoms with Crippen LogP contribution in [0.2, 0.25) is 0 Å². The molecule has 1 aromatic carbocycles. The zero-order valence-electron chi connectivity index (χ0n) is 19.4. The lowest BCUT2D eigenvalue weighted by atomic mass is 9.99. The van der Waals surface area contributed by atoms with Crippen LogP contribution in [0, 0.1) is 5.82 Å². The average molecular weight is 461 g/mol. The average Bonchev–Trinajstić information content (AvgIpc) is 3.34. The molecule has 1 N–H and O–H groups in total. The van der Waals surface area contributed by atoms with E-state index in [0.717, 1.165) is 22.4 Å². The van der Waals surface area contributed by atoms with Crippen molar-refractivity contribution in [2.75, 3.05) is 14.2 Å². The third-order valence-corrected chi connectivity index (χ3v) is 5.93. The predicted molar refractivity (Wildman–Crippen MR) is 128 cm³/mol. The van der Waals surface area contributed by atoms with Crippen LogP contribution in [0.3, 0.4) is 0 Å². The van der Waals surface area contributed by atoms with E-state index in [0.29, 0.717) is 23.3 Å². The van der Waals surface area contributed by atoms with Crippen molar-refractivity contribution < 1.29 is 23.5 Å². The number of halogens is 1. The summed E-state index contributed by atoms with van der Waals surface area (Å²) >= 11 is 0. The van der Waals surface area contributed by atoms with Gasteiger partial charge in [0.15, 0.2) is 11.5 Å². The Morgan fingerprint density at radius 2 is 1.82 bits per heavy atom. The van der Waals surface area contributed by atoms with E-state index in [2.05, 4.69) is 5.32 Å². The molecule has 7 heteroatoms. The van der Waals surface area contributed by atoms with E-state index >= 15 is 0 Å². The Morgan fingerprint density at radius 3 is 2.44 bits per heavy atom. The summed E-state index contributed by atoms with van der Waals surface area (Å²) in [5.41, 5.74) is 5.37. The summed E-state index contributed by atoms with van der Waals surface area (Å²) in [7, 11) is 4.76. The number of nitrogens with zero attached hydrogens (tertiary/aromatic N) is 1. The van der Waals surface area contributed by atoms with Gasteiger partial charge in [-0.2, -0.15) is 0 Å². The van der Waals surface area contributed by atoms with Gasteiger partial charge in [-0.3, -0.25) is 9.59 Å². The van der Waals surface area contributed by atoms with Gasteiger partial charge in [-0.15, -0.1) is 0 Å². The zero-order valence-corrected chi connectivity index (χ0v) is 19.4. The van der Waals surface area contributed by atoms with Gasteiger partial charge in [0.05, 0.1) is 20.8 Å². The molecule has 34 heavy (non-hydrogen) atoms. The van der Waals surface area contributed by atoms with Gasteiger partial charge in [-0.25, -0.2) is 4.39 Å². The number of fused-ring (bicyclic) bond motifs is 1. The number of ether oxygens (including phenoxy) is 2. The number of ketones is 1. The fourth-order valence-corrected chi connectivity index (χ4v) is 4.09. The number of Topliss-reactive ketones (excluding diaryl/α,β-unsaturated/α-hetero) is 1. The van der Waals surface area contributed by atoms with Gasteiger partial charge in [0, 0.05) is 25.0 Å². The number of nitrogens with one attached hydrogen (secondary N) is 1. The summed E-state index contributed by atoms with van der Waals surface area (Å²) in [6.45, 7) is 2.27. The fraction of sp³-hybridized carbons (Fsp3) is 0.185. The summed E-state index contributed by atoms with van der Waals surface area (Å²) in [5, 5.41) is 2.89. The number of amides is 1. The molecule has 0 unspecified atom stereocenters. The zero-order chi connectivity index (χ0) is 24.4. The van der Waals surface area contributed by atoms with E-state index in [4.69, 9.17) is 9.47 Å². The Hall–Kier alpha value is -4.13. The Morgan fingerprint density at radius 1 is 1.12 bits per heavy atom. The SMILES string of the molecule is COC1=CC(=CC2=C(C)/C(=C\C(=O)NCc3cccn3C)c3cc(F)ccc32)C=C(OC)C1=O. The van der Waals surface area contributed by atoms with Crippen LogP contribution in [0.15, 0.2) is 83.5 Å². The van der Waals surface area contributed by atoms with Crippen LogP contribution in [0.4, 0.5) is 4.39 Å². The molecule has 174 valence electrons. The Labute approximate surface area is 197 Å². The van der Waals surface area contributed by atoms with Crippen LogP contribution in [-0.4, -0.2) is 30.5 Å². The topological polar surface area (TPSA) is 69.6 Å². The molecule has 0 atom stereocenters. The standard InChI is InChI=1S/C27H25FN2O4/c1-16-21(10-17-11-24(33-3)27(32)25(12-17)34-4)20-8-7-18(28)13-23(20)22(16)14-26(31)29-15-19-6-5-9-30(19)2/h5-14H,15H2,1-4H3,(H,29,31)/b22-14+. The number of carbonyl (C=O) groups excluding carboxylic acids is 2. The second-order valence-electron chi connectivity index (χ2n) is 8.01. The highest BCUT2D eigenvalue weighted by Gasteiger charge is 2.26. The normalized spacial score (nSPS) is 16.3. The number of allylic oxidation sites excluding steroid dienone is 7. The number of carbonyl (C=O) groups is 2. The van der Waals surface area contributed by atoms with Crippen LogP contribution in [0.25, 0.3) is 11.1 Å². The second kappa shape index (κ2) is 9.39. The van der Waals surface area contributed by atoms with E-state index in [-0.39, 0.29) is 29.0 Å². The van der Waals surface area contributed by atoms with Gasteiger partial charge in [0.25, 0.3) is 5.78 Å². The van der Waals surface area contributed by atoms with Gasteiger partial charge in [-0.1, -0.05) is 6.07 Å². The molecule has 1 heterocycles. The van der Waals surface area contributed by atoms with E-state index in [9.17, 15) is 14.0 Å². The number of hydrogen-bond donors (Lipinski definition) is 1. The second-order valence-corrected chi connectivity index (χ2v) is 8.01. The van der Waals surface area contributed by atoms with Crippen molar-refractivity contribution in [3.8, 4) is 0 Å². The van der Waals surface area contributed by atoms with Crippen LogP contribution in [0.5, 0.6) is 0 Å². The highest BCUT2D eigenvalue weighted by atomic mass is 19.1. The first-order chi connectivity index (χ1) is 16.3. The first-order valence-electron chi connectivity index (χ1n) is 10.7. The van der Waals surface area contributed by atoms with Crippen LogP contribution in [-0.2, 0) is 32.7 Å². The van der Waals surface area contributed by atoms with Crippen molar-refractivity contribution in [3.05, 3.63) is 106 Å². The maximum absolute atomic E-state index is 14.1. The number of aromatic nitrogens is 1. The summed E-state index contributed by atoms with van der Waals surface area (Å²) in [6, 6.07) is 8.35. The number of methoxy groups -OCH3 is 2. The summed E-state index contributed by atoms with van der Waals surface area (Å²) < 4.78 is 26.5. The summed E-state index contributed by atoms with van der Waals surface area (Å²) in [4.78, 5) is 25.0. The van der Waals surface area contributed by atoms with Crippen molar-refractivity contribution in [1.29, 1.82) is 0 Å². The minimum Gasteiger partial charge on any atom is -0.492 e. The molecule has 0 saturated carbocycles. The summed E-state index contributed by atoms with van der Waals surface area (Å²) in [6.07, 6.45) is 8.54. The van der Waals surface area contributed by atoms with Crippen LogP contribution >= 0.6 is 0 Å². The minimum absolute atomic E-state index is 0.164. The summed E-state index contributed by atoms with van der Waals surface area (Å²) in [5.74, 6) is -0.667. The lowest BCUT2D eigenvalue weighted by Gasteiger charge is -2.14. The molecule has 0 saturated heterocycles. The molecular formula is C27H25FN2O4. The molecule has 0 spiro atoms. The van der Waals surface area contributed by atoms with E-state index in [1.165, 1.54) is 32.4 Å². The Bertz CT molecular complexity index is 1310. The monoisotopic (exact) mass is 460 g/mol. The molecule has 0 fully saturated rings. The smallest absolute Gasteiger partial charge is 0.261 e. The van der Waals surface area contributed by atoms with Gasteiger partial charge in [0.1, 0.15) is 5.82 Å². The molecule has 0 bridgehead atoms. The fourth-order valence-electron chi connectivity index (χ4n) is 4.09. The Balaban J connectivity index is 1.72. The van der Waals surface area contributed by atoms with Crippen LogP contribution in [0.1, 0.15) is 23.7 Å². The van der Waals surface area contributed by atoms with E-state index in [1.54, 1.807) is 18.2 Å². The largest absolute Gasteiger partial charge is 0.492 e. The van der Waals surface area contributed by atoms with E-state index < -0.39 is 0 Å². The highest BCUT2D eigenvalue weighted by Crippen LogP contribution is 2.43. The molecule has 0 aliphatic heterocycles. The van der Waals surface area contributed by atoms with Crippen LogP contribution < -0.4 is 5.32 Å². The van der Waals surface area contributed by atoms with Crippen molar-refractivity contribution >= 4 is 22.8 Å².